The maximum atomic E-state index is 13.8. The number of piperidine rings is 1. The molecule has 0 saturated carbocycles. The summed E-state index contributed by atoms with van der Waals surface area (Å²) in [4.78, 5) is 27.0. The summed E-state index contributed by atoms with van der Waals surface area (Å²) in [7, 11) is -4.04. The predicted octanol–water partition coefficient (Wildman–Crippen LogP) is 4.66. The molecule has 2 N–H and O–H groups in total. The molecule has 4 rings (SSSR count). The van der Waals surface area contributed by atoms with E-state index in [1.54, 1.807) is 26.0 Å². The second kappa shape index (κ2) is 14.2. The van der Waals surface area contributed by atoms with Gasteiger partial charge < -0.3 is 19.7 Å². The highest BCUT2D eigenvalue weighted by Gasteiger charge is 2.31. The normalized spacial score (nSPS) is 16.1. The summed E-state index contributed by atoms with van der Waals surface area (Å²) in [5, 5.41) is 2.75. The molecule has 1 fully saturated rings. The van der Waals surface area contributed by atoms with Crippen LogP contribution in [0.1, 0.15) is 43.9 Å². The summed E-state index contributed by atoms with van der Waals surface area (Å²) in [5.74, 6) is -1.03. The van der Waals surface area contributed by atoms with Gasteiger partial charge >= 0.3 is 5.97 Å². The fourth-order valence-electron chi connectivity index (χ4n) is 4.86. The summed E-state index contributed by atoms with van der Waals surface area (Å²) in [6.45, 7) is 4.86. The van der Waals surface area contributed by atoms with Crippen molar-refractivity contribution in [2.24, 2.45) is 5.92 Å². The van der Waals surface area contributed by atoms with Crippen LogP contribution < -0.4 is 14.9 Å². The highest BCUT2D eigenvalue weighted by Crippen LogP contribution is 2.33. The van der Waals surface area contributed by atoms with E-state index in [1.807, 2.05) is 65.6 Å². The quantitative estimate of drug-likeness (QED) is 0.300. The molecule has 3 aromatic carbocycles. The van der Waals surface area contributed by atoms with Crippen molar-refractivity contribution >= 4 is 33.3 Å². The molecule has 1 aliphatic rings. The molecule has 0 bridgehead atoms. The Balaban J connectivity index is 1.56. The minimum Gasteiger partial charge on any atom is -0.466 e. The number of amides is 1. The molecule has 41 heavy (non-hydrogen) atoms. The fraction of sp³-hybridized carbons (Fsp3) is 0.355. The van der Waals surface area contributed by atoms with Crippen molar-refractivity contribution in [3.05, 3.63) is 90.0 Å². The Bertz CT molecular complexity index is 1420. The molecule has 2 atom stereocenters. The van der Waals surface area contributed by atoms with E-state index < -0.39 is 22.0 Å². The van der Waals surface area contributed by atoms with E-state index in [9.17, 15) is 18.0 Å². The summed E-state index contributed by atoms with van der Waals surface area (Å²) in [6, 6.07) is 23.1. The van der Waals surface area contributed by atoms with Gasteiger partial charge in [-0.3, -0.25) is 9.59 Å². The first-order valence-corrected chi connectivity index (χ1v) is 15.3. The van der Waals surface area contributed by atoms with Crippen molar-refractivity contribution < 1.29 is 27.5 Å². The van der Waals surface area contributed by atoms with E-state index in [2.05, 4.69) is 10.0 Å². The molecule has 3 aromatic rings. The molecule has 0 aromatic heterocycles. The molecule has 1 amide bonds. The number of nitrogens with zero attached hydrogens (tertiary/aromatic N) is 1. The lowest BCUT2D eigenvalue weighted by Crippen LogP contribution is -2.40. The molecule has 1 heterocycles. The lowest BCUT2D eigenvalue weighted by atomic mass is 9.97. The second-order valence-electron chi connectivity index (χ2n) is 10.00. The standard InChI is InChI=1S/C31H37N3O6S/c1-3-40-31(36)26-15-10-18-34(20-26)28-17-16-27(32-30(35)22-39-21-24-11-6-4-7-12-24)19-29(28)41(37,38)33-23(2)25-13-8-5-9-14-25/h4-9,11-14,16-17,19,23,26,33H,3,10,15,18,20-22H2,1-2H3,(H,32,35)/t23-,26-/m1/s1. The van der Waals surface area contributed by atoms with Crippen molar-refractivity contribution in [1.82, 2.24) is 4.72 Å². The molecule has 10 heteroatoms. The number of hydrogen-bond acceptors (Lipinski definition) is 7. The van der Waals surface area contributed by atoms with Crippen LogP contribution in [-0.2, 0) is 35.7 Å². The van der Waals surface area contributed by atoms with E-state index >= 15 is 0 Å². The van der Waals surface area contributed by atoms with E-state index in [4.69, 9.17) is 9.47 Å². The zero-order valence-electron chi connectivity index (χ0n) is 23.4. The molecule has 0 spiro atoms. The smallest absolute Gasteiger partial charge is 0.310 e. The first-order valence-electron chi connectivity index (χ1n) is 13.8. The molecule has 1 saturated heterocycles. The second-order valence-corrected chi connectivity index (χ2v) is 11.7. The van der Waals surface area contributed by atoms with Crippen LogP contribution in [-0.4, -0.2) is 46.6 Å². The molecule has 0 radical (unpaired) electrons. The van der Waals surface area contributed by atoms with Crippen molar-refractivity contribution in [1.29, 1.82) is 0 Å². The number of carbonyl (C=O) groups is 2. The van der Waals surface area contributed by atoms with Gasteiger partial charge in [-0.05, 0) is 56.0 Å². The van der Waals surface area contributed by atoms with Crippen LogP contribution in [0.3, 0.4) is 0 Å². The summed E-state index contributed by atoms with van der Waals surface area (Å²) < 4.78 is 41.1. The number of esters is 1. The highest BCUT2D eigenvalue weighted by atomic mass is 32.2. The number of ether oxygens (including phenoxy) is 2. The Labute approximate surface area is 241 Å². The van der Waals surface area contributed by atoms with Gasteiger partial charge in [-0.15, -0.1) is 0 Å². The molecular weight excluding hydrogens is 542 g/mol. The number of nitrogens with one attached hydrogen (secondary N) is 2. The zero-order chi connectivity index (χ0) is 29.2. The summed E-state index contributed by atoms with van der Waals surface area (Å²) in [6.07, 6.45) is 1.39. The number of benzene rings is 3. The Morgan fingerprint density at radius 3 is 2.44 bits per heavy atom. The van der Waals surface area contributed by atoms with Gasteiger partial charge in [-0.2, -0.15) is 0 Å². The maximum absolute atomic E-state index is 13.8. The first kappa shape index (κ1) is 30.2. The third-order valence-electron chi connectivity index (χ3n) is 6.89. The number of anilines is 2. The number of rotatable bonds is 12. The van der Waals surface area contributed by atoms with Crippen LogP contribution in [0.4, 0.5) is 11.4 Å². The molecule has 0 unspecified atom stereocenters. The van der Waals surface area contributed by atoms with Crippen molar-refractivity contribution in [3.8, 4) is 0 Å². The minimum atomic E-state index is -4.04. The molecule has 1 aliphatic heterocycles. The molecule has 218 valence electrons. The van der Waals surface area contributed by atoms with Crippen molar-refractivity contribution in [2.75, 3.05) is 36.5 Å². The average Bonchev–Trinajstić information content (AvgIpc) is 2.98. The van der Waals surface area contributed by atoms with Crippen LogP contribution >= 0.6 is 0 Å². The SMILES string of the molecule is CCOC(=O)[C@@H]1CCCN(c2ccc(NC(=O)COCc3ccccc3)cc2S(=O)(=O)N[C@H](C)c2ccccc2)C1. The molecule has 9 nitrogen and oxygen atoms in total. The van der Waals surface area contributed by atoms with Crippen LogP contribution in [0.5, 0.6) is 0 Å². The minimum absolute atomic E-state index is 0.0211. The maximum Gasteiger partial charge on any atom is 0.310 e. The van der Waals surface area contributed by atoms with Crippen LogP contribution in [0, 0.1) is 5.92 Å². The van der Waals surface area contributed by atoms with E-state index in [-0.39, 0.29) is 30.0 Å². The Morgan fingerprint density at radius 1 is 1.02 bits per heavy atom. The molecular formula is C31H37N3O6S. The number of carbonyl (C=O) groups excluding carboxylic acids is 2. The van der Waals surface area contributed by atoms with Gasteiger partial charge in [0, 0.05) is 24.8 Å². The number of sulfonamides is 1. The number of hydrogen-bond donors (Lipinski definition) is 2. The lowest BCUT2D eigenvalue weighted by Gasteiger charge is -2.34. The van der Waals surface area contributed by atoms with Gasteiger partial charge in [0.1, 0.15) is 11.5 Å². The van der Waals surface area contributed by atoms with Gasteiger partial charge in [-0.1, -0.05) is 60.7 Å². The lowest BCUT2D eigenvalue weighted by molar-refractivity contribution is -0.148. The Hall–Kier alpha value is -3.73. The third kappa shape index (κ3) is 8.39. The van der Waals surface area contributed by atoms with Gasteiger partial charge in [0.15, 0.2) is 0 Å². The highest BCUT2D eigenvalue weighted by molar-refractivity contribution is 7.89. The topological polar surface area (TPSA) is 114 Å². The average molecular weight is 580 g/mol. The van der Waals surface area contributed by atoms with Gasteiger partial charge in [0.05, 0.1) is 24.8 Å². The van der Waals surface area contributed by atoms with Gasteiger partial charge in [0.2, 0.25) is 15.9 Å². The third-order valence-corrected chi connectivity index (χ3v) is 8.46. The zero-order valence-corrected chi connectivity index (χ0v) is 24.2. The summed E-state index contributed by atoms with van der Waals surface area (Å²) >= 11 is 0. The van der Waals surface area contributed by atoms with Gasteiger partial charge in [-0.25, -0.2) is 13.1 Å². The Morgan fingerprint density at radius 2 is 1.73 bits per heavy atom. The monoisotopic (exact) mass is 579 g/mol. The van der Waals surface area contributed by atoms with Crippen LogP contribution in [0.2, 0.25) is 0 Å². The largest absolute Gasteiger partial charge is 0.466 e. The molecule has 0 aliphatic carbocycles. The Kier molecular flexibility index (Phi) is 10.5. The summed E-state index contributed by atoms with van der Waals surface area (Å²) in [5.41, 5.74) is 2.55. The van der Waals surface area contributed by atoms with Crippen LogP contribution in [0.25, 0.3) is 0 Å². The van der Waals surface area contributed by atoms with E-state index in [1.165, 1.54) is 6.07 Å². The van der Waals surface area contributed by atoms with Crippen LogP contribution in [0.15, 0.2) is 83.8 Å². The fourth-order valence-corrected chi connectivity index (χ4v) is 6.34. The van der Waals surface area contributed by atoms with E-state index in [0.717, 1.165) is 11.1 Å². The van der Waals surface area contributed by atoms with Crippen molar-refractivity contribution in [3.63, 3.8) is 0 Å². The van der Waals surface area contributed by atoms with Gasteiger partial charge in [0.25, 0.3) is 0 Å². The first-order chi connectivity index (χ1) is 19.8. The van der Waals surface area contributed by atoms with E-state index in [0.29, 0.717) is 43.9 Å². The predicted molar refractivity (Wildman–Crippen MR) is 158 cm³/mol. The van der Waals surface area contributed by atoms with Crippen molar-refractivity contribution in [2.45, 2.75) is 44.2 Å².